The molecule has 1 unspecified atom stereocenters. The highest BCUT2D eigenvalue weighted by atomic mass is 32.2. The van der Waals surface area contributed by atoms with Gasteiger partial charge in [0.25, 0.3) is 0 Å². The van der Waals surface area contributed by atoms with E-state index < -0.39 is 16.1 Å². The van der Waals surface area contributed by atoms with E-state index in [1.165, 1.54) is 14.9 Å². The van der Waals surface area contributed by atoms with Gasteiger partial charge in [-0.2, -0.15) is 4.31 Å². The van der Waals surface area contributed by atoms with Crippen molar-refractivity contribution in [3.63, 3.8) is 0 Å². The average Bonchev–Trinajstić information content (AvgIpc) is 3.10. The van der Waals surface area contributed by atoms with E-state index in [0.29, 0.717) is 18.5 Å². The zero-order valence-electron chi connectivity index (χ0n) is 13.8. The molecule has 8 nitrogen and oxygen atoms in total. The normalized spacial score (nSPS) is 19.0. The molecule has 0 amide bonds. The van der Waals surface area contributed by atoms with E-state index in [-0.39, 0.29) is 29.0 Å². The molecule has 24 heavy (non-hydrogen) atoms. The van der Waals surface area contributed by atoms with Crippen LogP contribution in [-0.2, 0) is 17.1 Å². The number of hydrogen-bond acceptors (Lipinski definition) is 6. The van der Waals surface area contributed by atoms with E-state index in [1.807, 2.05) is 13.8 Å². The molecule has 130 valence electrons. The smallest absolute Gasteiger partial charge is 0.250 e. The van der Waals surface area contributed by atoms with Crippen molar-refractivity contribution in [1.29, 1.82) is 0 Å². The Hall–Kier alpha value is -2.00. The number of sulfonamides is 1. The van der Waals surface area contributed by atoms with Crippen LogP contribution in [0.15, 0.2) is 27.5 Å². The van der Waals surface area contributed by atoms with Gasteiger partial charge in [-0.3, -0.25) is 4.79 Å². The molecule has 1 aliphatic rings. The first-order valence-corrected chi connectivity index (χ1v) is 9.40. The molecule has 1 atom stereocenters. The van der Waals surface area contributed by atoms with Crippen molar-refractivity contribution >= 4 is 10.0 Å². The van der Waals surface area contributed by atoms with Crippen LogP contribution >= 0.6 is 0 Å². The largest absolute Gasteiger partial charge is 0.419 e. The van der Waals surface area contributed by atoms with Gasteiger partial charge in [-0.15, -0.1) is 10.2 Å². The van der Waals surface area contributed by atoms with Crippen LogP contribution in [0, 0.1) is 5.92 Å². The number of pyridine rings is 1. The first kappa shape index (κ1) is 16.8. The van der Waals surface area contributed by atoms with Gasteiger partial charge in [-0.25, -0.2) is 8.42 Å². The van der Waals surface area contributed by atoms with Crippen molar-refractivity contribution in [3.05, 3.63) is 34.6 Å². The topological polar surface area (TPSA) is 98.3 Å². The second kappa shape index (κ2) is 6.14. The van der Waals surface area contributed by atoms with Crippen molar-refractivity contribution in [1.82, 2.24) is 19.1 Å². The number of rotatable bonds is 4. The molecule has 3 rings (SSSR count). The molecule has 0 saturated carbocycles. The fourth-order valence-corrected chi connectivity index (χ4v) is 4.72. The van der Waals surface area contributed by atoms with E-state index in [1.54, 1.807) is 19.3 Å². The third kappa shape index (κ3) is 3.01. The highest BCUT2D eigenvalue weighted by Gasteiger charge is 2.39. The molecular weight excluding hydrogens is 332 g/mol. The number of hydrogen-bond donors (Lipinski definition) is 0. The molecule has 0 aliphatic carbocycles. The molecule has 0 aromatic carbocycles. The molecule has 2 aromatic rings. The number of aromatic nitrogens is 3. The monoisotopic (exact) mass is 352 g/mol. The highest BCUT2D eigenvalue weighted by molar-refractivity contribution is 7.89. The molecule has 0 radical (unpaired) electrons. The first-order valence-electron chi connectivity index (χ1n) is 7.79. The van der Waals surface area contributed by atoms with Crippen molar-refractivity contribution in [2.75, 3.05) is 12.3 Å². The Morgan fingerprint density at radius 2 is 2.00 bits per heavy atom. The van der Waals surface area contributed by atoms with E-state index in [2.05, 4.69) is 10.2 Å². The van der Waals surface area contributed by atoms with E-state index in [9.17, 15) is 13.2 Å². The van der Waals surface area contributed by atoms with Gasteiger partial charge in [0.2, 0.25) is 27.4 Å². The summed E-state index contributed by atoms with van der Waals surface area (Å²) < 4.78 is 33.1. The summed E-state index contributed by atoms with van der Waals surface area (Å²) in [7, 11) is -1.65. The molecule has 2 aromatic heterocycles. The predicted octanol–water partition coefficient (Wildman–Crippen LogP) is 1.17. The molecule has 0 bridgehead atoms. The van der Waals surface area contributed by atoms with E-state index in [4.69, 9.17) is 4.42 Å². The zero-order valence-corrected chi connectivity index (χ0v) is 14.7. The standard InChI is InChI=1S/C15H20N4O4S/c1-10(2)13(19-7-4-8-24(19,21)22)15-17-16-14(23-15)11-5-6-12(20)18(3)9-11/h5-6,9-10,13H,4,7-8H2,1-3H3. The second-order valence-electron chi connectivity index (χ2n) is 6.28. The highest BCUT2D eigenvalue weighted by Crippen LogP contribution is 2.34. The van der Waals surface area contributed by atoms with Crippen molar-refractivity contribution < 1.29 is 12.8 Å². The van der Waals surface area contributed by atoms with Crippen LogP contribution in [0.2, 0.25) is 0 Å². The third-order valence-corrected chi connectivity index (χ3v) is 6.04. The molecule has 9 heteroatoms. The minimum absolute atomic E-state index is 0.00805. The third-order valence-electron chi connectivity index (χ3n) is 4.11. The van der Waals surface area contributed by atoms with Crippen LogP contribution in [0.25, 0.3) is 11.5 Å². The van der Waals surface area contributed by atoms with Gasteiger partial charge in [-0.05, 0) is 18.4 Å². The minimum atomic E-state index is -3.29. The summed E-state index contributed by atoms with van der Waals surface area (Å²) in [6.45, 7) is 4.31. The molecule has 1 saturated heterocycles. The summed E-state index contributed by atoms with van der Waals surface area (Å²) in [4.78, 5) is 11.5. The number of nitrogens with zero attached hydrogens (tertiary/aromatic N) is 4. The summed E-state index contributed by atoms with van der Waals surface area (Å²) in [6.07, 6.45) is 2.21. The van der Waals surface area contributed by atoms with Crippen LogP contribution in [0.5, 0.6) is 0 Å². The molecule has 0 N–H and O–H groups in total. The molecular formula is C15H20N4O4S. The van der Waals surface area contributed by atoms with Crippen molar-refractivity contribution in [2.45, 2.75) is 26.3 Å². The average molecular weight is 352 g/mol. The van der Waals surface area contributed by atoms with Crippen LogP contribution in [0.1, 0.15) is 32.2 Å². The Balaban J connectivity index is 1.98. The van der Waals surface area contributed by atoms with Gasteiger partial charge in [0.05, 0.1) is 11.3 Å². The van der Waals surface area contributed by atoms with Crippen LogP contribution < -0.4 is 5.56 Å². The van der Waals surface area contributed by atoms with Gasteiger partial charge < -0.3 is 8.98 Å². The maximum Gasteiger partial charge on any atom is 0.250 e. The summed E-state index contributed by atoms with van der Waals surface area (Å²) in [5, 5.41) is 8.09. The lowest BCUT2D eigenvalue weighted by Gasteiger charge is -2.26. The lowest BCUT2D eigenvalue weighted by Crippen LogP contribution is -2.33. The summed E-state index contributed by atoms with van der Waals surface area (Å²) in [6, 6.07) is 2.55. The Morgan fingerprint density at radius 1 is 1.25 bits per heavy atom. The second-order valence-corrected chi connectivity index (χ2v) is 8.32. The maximum atomic E-state index is 12.2. The Labute approximate surface area is 140 Å². The fourth-order valence-electron chi connectivity index (χ4n) is 2.90. The van der Waals surface area contributed by atoms with Gasteiger partial charge in [0.1, 0.15) is 6.04 Å². The summed E-state index contributed by atoms with van der Waals surface area (Å²) in [5.74, 6) is 0.686. The van der Waals surface area contributed by atoms with Crippen LogP contribution in [0.4, 0.5) is 0 Å². The predicted molar refractivity (Wildman–Crippen MR) is 87.7 cm³/mol. The lowest BCUT2D eigenvalue weighted by molar-refractivity contribution is 0.233. The maximum absolute atomic E-state index is 12.2. The van der Waals surface area contributed by atoms with Crippen molar-refractivity contribution in [2.24, 2.45) is 13.0 Å². The molecule has 0 spiro atoms. The van der Waals surface area contributed by atoms with Gasteiger partial charge in [0, 0.05) is 25.9 Å². The van der Waals surface area contributed by atoms with Crippen LogP contribution in [0.3, 0.4) is 0 Å². The fraction of sp³-hybridized carbons (Fsp3) is 0.533. The zero-order chi connectivity index (χ0) is 17.5. The molecule has 1 fully saturated rings. The molecule has 3 heterocycles. The Morgan fingerprint density at radius 3 is 2.58 bits per heavy atom. The first-order chi connectivity index (χ1) is 11.3. The van der Waals surface area contributed by atoms with E-state index in [0.717, 1.165) is 0 Å². The Kier molecular flexibility index (Phi) is 4.31. The number of aryl methyl sites for hydroxylation is 1. The van der Waals surface area contributed by atoms with Gasteiger partial charge >= 0.3 is 0 Å². The van der Waals surface area contributed by atoms with Crippen molar-refractivity contribution in [3.8, 4) is 11.5 Å². The minimum Gasteiger partial charge on any atom is -0.419 e. The summed E-state index contributed by atoms with van der Waals surface area (Å²) >= 11 is 0. The van der Waals surface area contributed by atoms with Crippen LogP contribution in [-0.4, -0.2) is 39.8 Å². The van der Waals surface area contributed by atoms with Gasteiger partial charge in [-0.1, -0.05) is 13.8 Å². The SMILES string of the molecule is CC(C)C(c1nnc(-c2ccc(=O)n(C)c2)o1)N1CCCS1(=O)=O. The quantitative estimate of drug-likeness (QED) is 0.819. The summed E-state index contributed by atoms with van der Waals surface area (Å²) in [5.41, 5.74) is 0.476. The lowest BCUT2D eigenvalue weighted by atomic mass is 10.0. The van der Waals surface area contributed by atoms with Gasteiger partial charge in [0.15, 0.2) is 0 Å². The molecule has 1 aliphatic heterocycles. The van der Waals surface area contributed by atoms with E-state index >= 15 is 0 Å². The Bertz CT molecular complexity index is 900.